The van der Waals surface area contributed by atoms with Gasteiger partial charge in [-0.3, -0.25) is 0 Å². The first kappa shape index (κ1) is 84.7. The smallest absolute Gasteiger partial charge is 0.139 e. The Balaban J connectivity index is 0.000000111. The maximum atomic E-state index is 6.44. The minimum atomic E-state index is 0.833. The van der Waals surface area contributed by atoms with Crippen molar-refractivity contribution >= 4 is 196 Å². The Morgan fingerprint density at radius 2 is 0.306 bits per heavy atom. The molecule has 25 aromatic carbocycles. The first-order valence-corrected chi connectivity index (χ1v) is 49.1. The fraction of sp³-hybridized carbons (Fsp3) is 0.0213. The van der Waals surface area contributed by atoms with Gasteiger partial charge in [-0.2, -0.15) is 0 Å². The molecule has 0 aliphatic heterocycles. The van der Waals surface area contributed by atoms with E-state index in [1.54, 1.807) is 0 Å². The van der Waals surface area contributed by atoms with E-state index in [1.807, 2.05) is 66.7 Å². The van der Waals surface area contributed by atoms with Crippen LogP contribution in [0.3, 0.4) is 0 Å². The summed E-state index contributed by atoms with van der Waals surface area (Å²) in [7, 11) is 3.75. The molecule has 0 aliphatic carbocycles. The summed E-state index contributed by atoms with van der Waals surface area (Å²) in [6, 6.07) is 178. The highest BCUT2D eigenvalue weighted by atomic mass is 16.4. The lowest BCUT2D eigenvalue weighted by atomic mass is 9.83. The van der Waals surface area contributed by atoms with Gasteiger partial charge in [0.05, 0.1) is 0 Å². The largest absolute Gasteiger partial charge is 0.456 e. The average molecular weight is 1890 g/mol. The van der Waals surface area contributed by atoms with E-state index in [1.165, 1.54) is 193 Å². The lowest BCUT2D eigenvalue weighted by molar-refractivity contribution is 0.656. The van der Waals surface area contributed by atoms with Crippen LogP contribution < -0.4 is 0 Å². The summed E-state index contributed by atoms with van der Waals surface area (Å²) in [6.45, 7) is 0. The van der Waals surface area contributed by atoms with Crippen molar-refractivity contribution < 1.29 is 30.6 Å². The first-order valence-electron chi connectivity index (χ1n) is 52.1. The monoisotopic (exact) mass is 1890 g/mol. The Morgan fingerprint density at radius 3 is 0.646 bits per heavy atom. The van der Waals surface area contributed by atoms with E-state index in [0.717, 1.165) is 137 Å². The van der Waals surface area contributed by atoms with Crippen LogP contribution in [0.25, 0.3) is 308 Å². The molecule has 0 unspecified atom stereocenters. The highest BCUT2D eigenvalue weighted by Crippen LogP contribution is 2.53. The standard InChI is InChI=1S/C50H30O2.2C44H26O2.3CH4/c1-2-10-31(11-3-1)32-18-20-33(21-19-32)34-22-24-35(25-23-34)49-38-13-4-6-15-40(38)50(41-16-7-5-14-39(41)49)36-26-27-46-42(28-36)44-29-43-37-12-8-9-17-45(37)51-47(43)30-48(44)52-46;1-2-10-27(11-3-1)28-18-20-29(21-19-28)41-31-12-4-6-14-33(31)42(34-15-7-5-13-32(34)41)30-22-23-38-36(26-30)44-40(46-38)25-24-39-43(44)35-16-8-9-17-37(35)45-39;1-2-12-27(13-3-1)29-14-4-5-15-30(29)42-33-18-8-6-16-31(33)41(32-17-7-9-19-34(32)42)28-22-23-38-36(26-28)44-40(46-38)25-24-39-43(44)35-20-10-11-21-37(35)45-39;;;/h1-30H;2*1-26H;3*1H4/i;;;3*1D. The van der Waals surface area contributed by atoms with Gasteiger partial charge in [-0.25, -0.2) is 0 Å². The second-order valence-corrected chi connectivity index (χ2v) is 37.6. The van der Waals surface area contributed by atoms with Crippen molar-refractivity contribution in [1.29, 1.82) is 0 Å². The second-order valence-electron chi connectivity index (χ2n) is 37.6. The van der Waals surface area contributed by atoms with Crippen molar-refractivity contribution in [3.8, 4) is 111 Å². The van der Waals surface area contributed by atoms with E-state index in [9.17, 15) is 0 Å². The number of hydrogen-bond donors (Lipinski definition) is 0. The molecule has 0 N–H and O–H groups in total. The van der Waals surface area contributed by atoms with Crippen molar-refractivity contribution in [3.63, 3.8) is 0 Å². The van der Waals surface area contributed by atoms with Crippen molar-refractivity contribution in [3.05, 3.63) is 497 Å². The Bertz CT molecular complexity index is 10500. The molecule has 6 heteroatoms. The first-order chi connectivity index (χ1) is 74.4. The zero-order valence-electron chi connectivity index (χ0n) is 83.8. The van der Waals surface area contributed by atoms with Crippen LogP contribution in [-0.2, 0) is 0 Å². The van der Waals surface area contributed by atoms with Gasteiger partial charge in [-0.1, -0.05) is 429 Å². The molecular weight excluding hydrogens is 1790 g/mol. The van der Waals surface area contributed by atoms with Gasteiger partial charge in [0.2, 0.25) is 0 Å². The van der Waals surface area contributed by atoms with E-state index in [0.29, 0.717) is 0 Å². The Morgan fingerprint density at radius 1 is 0.109 bits per heavy atom. The molecule has 0 saturated heterocycles. The van der Waals surface area contributed by atoms with Crippen LogP contribution in [0.1, 0.15) is 26.3 Å². The van der Waals surface area contributed by atoms with E-state index in [4.69, 9.17) is 30.6 Å². The van der Waals surface area contributed by atoms with E-state index >= 15 is 0 Å². The fourth-order valence-corrected chi connectivity index (χ4v) is 23.2. The number of para-hydroxylation sites is 3. The van der Waals surface area contributed by atoms with Crippen LogP contribution in [0.5, 0.6) is 0 Å². The number of benzene rings is 25. The van der Waals surface area contributed by atoms with Crippen molar-refractivity contribution in [2.24, 2.45) is 0 Å². The summed E-state index contributed by atoms with van der Waals surface area (Å²) in [5.41, 5.74) is 34.8. The van der Waals surface area contributed by atoms with Crippen LogP contribution in [-0.4, -0.2) is 0 Å². The molecule has 0 saturated carbocycles. The summed E-state index contributed by atoms with van der Waals surface area (Å²) in [5.74, 6) is 0. The summed E-state index contributed by atoms with van der Waals surface area (Å²) >= 11 is 0. The molecule has 31 rings (SSSR count). The zero-order valence-corrected chi connectivity index (χ0v) is 80.8. The molecule has 0 bridgehead atoms. The van der Waals surface area contributed by atoms with Gasteiger partial charge >= 0.3 is 0 Å². The summed E-state index contributed by atoms with van der Waals surface area (Å²) in [4.78, 5) is 0. The normalized spacial score (nSPS) is 11.8. The summed E-state index contributed by atoms with van der Waals surface area (Å²) < 4.78 is 55.2. The quantitative estimate of drug-likeness (QED) is 0.127. The van der Waals surface area contributed by atoms with Gasteiger partial charge in [-0.15, -0.1) is 0 Å². The van der Waals surface area contributed by atoms with Gasteiger partial charge in [-0.05, 0) is 261 Å². The van der Waals surface area contributed by atoms with E-state index in [-0.39, 0.29) is 0 Å². The average Bonchev–Trinajstić information content (AvgIpc) is 1.65. The highest BCUT2D eigenvalue weighted by Gasteiger charge is 2.27. The van der Waals surface area contributed by atoms with Crippen LogP contribution in [0.2, 0.25) is 0 Å². The molecule has 6 heterocycles. The zero-order chi connectivity index (χ0) is 101. The highest BCUT2D eigenvalue weighted by molar-refractivity contribution is 6.31. The third-order valence-electron chi connectivity index (χ3n) is 29.6. The maximum Gasteiger partial charge on any atom is 0.139 e. The molecule has 31 aromatic rings. The van der Waals surface area contributed by atoms with Crippen LogP contribution in [0.15, 0.2) is 524 Å². The molecule has 0 atom stereocenters. The third-order valence-corrected chi connectivity index (χ3v) is 29.6. The summed E-state index contributed by atoms with van der Waals surface area (Å²) in [6.07, 6.45) is 0. The molecule has 147 heavy (non-hydrogen) atoms. The fourth-order valence-electron chi connectivity index (χ4n) is 23.2. The van der Waals surface area contributed by atoms with Gasteiger partial charge < -0.3 is 26.5 Å². The molecule has 6 nitrogen and oxygen atoms in total. The number of furan rings is 6. The van der Waals surface area contributed by atoms with Crippen LogP contribution >= 0.6 is 0 Å². The Kier molecular flexibility index (Phi) is 20.6. The molecule has 0 spiro atoms. The predicted molar refractivity (Wildman–Crippen MR) is 623 cm³/mol. The Hall–Kier alpha value is -19.1. The predicted octanol–water partition coefficient (Wildman–Crippen LogP) is 42.0. The van der Waals surface area contributed by atoms with Gasteiger partial charge in [0.25, 0.3) is 0 Å². The lowest BCUT2D eigenvalue weighted by Crippen LogP contribution is -1.92. The van der Waals surface area contributed by atoms with Gasteiger partial charge in [0.1, 0.15) is 67.0 Å². The van der Waals surface area contributed by atoms with E-state index < -0.39 is 0 Å². The minimum Gasteiger partial charge on any atom is -0.456 e. The number of fused-ring (bicyclic) bond motifs is 26. The van der Waals surface area contributed by atoms with Crippen LogP contribution in [0, 0.1) is 0 Å². The topological polar surface area (TPSA) is 78.8 Å². The minimum absolute atomic E-state index is 0.833. The Labute approximate surface area is 851 Å². The molecule has 694 valence electrons. The number of hydrogen-bond acceptors (Lipinski definition) is 6. The van der Waals surface area contributed by atoms with Gasteiger partial charge in [0.15, 0.2) is 0 Å². The maximum absolute atomic E-state index is 6.44. The van der Waals surface area contributed by atoms with Crippen molar-refractivity contribution in [2.45, 2.75) is 22.2 Å². The second kappa shape index (κ2) is 35.8. The lowest BCUT2D eigenvalue weighted by Gasteiger charge is -2.19. The third kappa shape index (κ3) is 14.5. The van der Waals surface area contributed by atoms with Crippen molar-refractivity contribution in [1.82, 2.24) is 0 Å². The van der Waals surface area contributed by atoms with Crippen molar-refractivity contribution in [2.75, 3.05) is 0 Å². The molecule has 0 amide bonds. The van der Waals surface area contributed by atoms with Gasteiger partial charge in [0, 0.05) is 74.8 Å². The number of rotatable bonds is 10. The molecule has 0 radical (unpaired) electrons. The molecule has 0 aliphatic rings. The van der Waals surface area contributed by atoms with E-state index in [2.05, 4.69) is 431 Å². The molecular formula is C141H94O6. The summed E-state index contributed by atoms with van der Waals surface area (Å²) in [5, 5.41) is 28.0. The molecule has 0 fully saturated rings. The molecule has 6 aromatic heterocycles. The SMILES string of the molecule is [2H]C.[2H]C.[2H]C.c1ccc(-c2ccc(-c3c4ccccc4c(-c4ccc5oc6ccc7oc8ccccc8c7c6c5c4)c4ccccc34)cc2)cc1.c1ccc(-c2ccc(-c3ccc(-c4c5ccccc5c(-c5ccc6oc7cc8oc9ccccc9c8cc7c6c5)c5ccccc45)cc3)cc2)cc1.c1ccc(-c2ccccc2-c2c3ccccc3c(-c3ccc4oc5ccc6oc7ccccc7c6c5c4c3)c3ccccc23)cc1. The van der Waals surface area contributed by atoms with Crippen LogP contribution in [0.4, 0.5) is 0 Å².